The maximum atomic E-state index is 12.4. The second-order valence-corrected chi connectivity index (χ2v) is 6.38. The van der Waals surface area contributed by atoms with Gasteiger partial charge in [0, 0.05) is 17.3 Å². The molecule has 0 fully saturated rings. The van der Waals surface area contributed by atoms with Crippen LogP contribution in [-0.4, -0.2) is 18.6 Å². The number of benzene rings is 2. The fourth-order valence-corrected chi connectivity index (χ4v) is 2.11. The zero-order chi connectivity index (χ0) is 17.5. The Morgan fingerprint density at radius 1 is 1.00 bits per heavy atom. The van der Waals surface area contributed by atoms with Gasteiger partial charge in [-0.05, 0) is 50.1 Å². The summed E-state index contributed by atoms with van der Waals surface area (Å²) in [6.45, 7) is 8.73. The lowest BCUT2D eigenvalue weighted by Gasteiger charge is -2.12. The molecule has 1 N–H and O–H groups in total. The predicted octanol–water partition coefficient (Wildman–Crippen LogP) is 4.76. The standard InChI is InChI=1S/C20H25NO3/c1-14(2)13-23-18-9-5-7-16(11-18)20(22)21-17-8-6-10-19(12-17)24-15(3)4/h5-12,14-15H,13H2,1-4H3,(H,21,22). The molecule has 0 heterocycles. The molecule has 24 heavy (non-hydrogen) atoms. The average molecular weight is 327 g/mol. The van der Waals surface area contributed by atoms with E-state index in [0.29, 0.717) is 29.5 Å². The molecule has 1 amide bonds. The van der Waals surface area contributed by atoms with Crippen LogP contribution >= 0.6 is 0 Å². The number of ether oxygens (including phenoxy) is 2. The minimum absolute atomic E-state index is 0.0886. The molecular formula is C20H25NO3. The van der Waals surface area contributed by atoms with Gasteiger partial charge in [0.2, 0.25) is 0 Å². The van der Waals surface area contributed by atoms with Crippen molar-refractivity contribution >= 4 is 11.6 Å². The summed E-state index contributed by atoms with van der Waals surface area (Å²) < 4.78 is 11.3. The van der Waals surface area contributed by atoms with Gasteiger partial charge in [-0.3, -0.25) is 4.79 Å². The lowest BCUT2D eigenvalue weighted by molar-refractivity contribution is 0.102. The minimum Gasteiger partial charge on any atom is -0.493 e. The van der Waals surface area contributed by atoms with Gasteiger partial charge in [0.25, 0.3) is 5.91 Å². The Morgan fingerprint density at radius 2 is 1.71 bits per heavy atom. The Morgan fingerprint density at radius 3 is 2.42 bits per heavy atom. The van der Waals surface area contributed by atoms with Crippen LogP contribution in [0.4, 0.5) is 5.69 Å². The van der Waals surface area contributed by atoms with Crippen molar-refractivity contribution < 1.29 is 14.3 Å². The van der Waals surface area contributed by atoms with E-state index in [4.69, 9.17) is 9.47 Å². The van der Waals surface area contributed by atoms with Crippen LogP contribution in [0.3, 0.4) is 0 Å². The molecule has 4 heteroatoms. The molecule has 0 atom stereocenters. The molecule has 128 valence electrons. The summed E-state index contributed by atoms with van der Waals surface area (Å²) >= 11 is 0. The monoisotopic (exact) mass is 327 g/mol. The van der Waals surface area contributed by atoms with Crippen molar-refractivity contribution in [1.29, 1.82) is 0 Å². The van der Waals surface area contributed by atoms with Gasteiger partial charge in [-0.15, -0.1) is 0 Å². The van der Waals surface area contributed by atoms with E-state index < -0.39 is 0 Å². The second-order valence-electron chi connectivity index (χ2n) is 6.38. The normalized spacial score (nSPS) is 10.8. The van der Waals surface area contributed by atoms with Gasteiger partial charge < -0.3 is 14.8 Å². The summed E-state index contributed by atoms with van der Waals surface area (Å²) in [5.74, 6) is 1.70. The van der Waals surface area contributed by atoms with E-state index in [2.05, 4.69) is 19.2 Å². The number of carbonyl (C=O) groups is 1. The third kappa shape index (κ3) is 5.61. The van der Waals surface area contributed by atoms with E-state index in [1.54, 1.807) is 12.1 Å². The van der Waals surface area contributed by atoms with E-state index in [0.717, 1.165) is 5.75 Å². The topological polar surface area (TPSA) is 47.6 Å². The zero-order valence-corrected chi connectivity index (χ0v) is 14.7. The Labute approximate surface area is 143 Å². The van der Waals surface area contributed by atoms with Crippen molar-refractivity contribution in [2.45, 2.75) is 33.8 Å². The number of carbonyl (C=O) groups excluding carboxylic acids is 1. The van der Waals surface area contributed by atoms with Crippen LogP contribution in [-0.2, 0) is 0 Å². The number of nitrogens with one attached hydrogen (secondary N) is 1. The highest BCUT2D eigenvalue weighted by Crippen LogP contribution is 2.20. The van der Waals surface area contributed by atoms with Gasteiger partial charge in [-0.1, -0.05) is 26.0 Å². The molecule has 0 saturated carbocycles. The molecule has 0 aliphatic heterocycles. The fourth-order valence-electron chi connectivity index (χ4n) is 2.11. The first-order valence-electron chi connectivity index (χ1n) is 8.25. The highest BCUT2D eigenvalue weighted by molar-refractivity contribution is 6.04. The van der Waals surface area contributed by atoms with Gasteiger partial charge in [0.05, 0.1) is 12.7 Å². The Kier molecular flexibility index (Phi) is 6.24. The van der Waals surface area contributed by atoms with E-state index in [1.807, 2.05) is 50.2 Å². The molecule has 2 aromatic carbocycles. The molecule has 0 aliphatic rings. The number of hydrogen-bond acceptors (Lipinski definition) is 3. The molecule has 0 unspecified atom stereocenters. The van der Waals surface area contributed by atoms with Crippen LogP contribution in [0.25, 0.3) is 0 Å². The summed E-state index contributed by atoms with van der Waals surface area (Å²) in [5, 5.41) is 2.89. The number of rotatable bonds is 7. The lowest BCUT2D eigenvalue weighted by atomic mass is 10.2. The lowest BCUT2D eigenvalue weighted by Crippen LogP contribution is -2.13. The van der Waals surface area contributed by atoms with E-state index >= 15 is 0 Å². The van der Waals surface area contributed by atoms with Crippen molar-refractivity contribution in [2.24, 2.45) is 5.92 Å². The molecule has 4 nitrogen and oxygen atoms in total. The van der Waals surface area contributed by atoms with Gasteiger partial charge in [-0.2, -0.15) is 0 Å². The highest BCUT2D eigenvalue weighted by Gasteiger charge is 2.09. The van der Waals surface area contributed by atoms with Gasteiger partial charge in [0.1, 0.15) is 11.5 Å². The molecule has 0 aromatic heterocycles. The molecular weight excluding hydrogens is 302 g/mol. The van der Waals surface area contributed by atoms with E-state index in [9.17, 15) is 4.79 Å². The molecule has 0 spiro atoms. The highest BCUT2D eigenvalue weighted by atomic mass is 16.5. The molecule has 0 aliphatic carbocycles. The Bertz CT molecular complexity index is 680. The first kappa shape index (κ1) is 17.9. The minimum atomic E-state index is -0.174. The predicted molar refractivity (Wildman–Crippen MR) is 96.9 cm³/mol. The van der Waals surface area contributed by atoms with Gasteiger partial charge in [0.15, 0.2) is 0 Å². The number of hydrogen-bond donors (Lipinski definition) is 1. The Balaban J connectivity index is 2.05. The largest absolute Gasteiger partial charge is 0.493 e. The van der Waals surface area contributed by atoms with Crippen molar-refractivity contribution in [2.75, 3.05) is 11.9 Å². The van der Waals surface area contributed by atoms with E-state index in [-0.39, 0.29) is 12.0 Å². The maximum absolute atomic E-state index is 12.4. The van der Waals surface area contributed by atoms with Crippen molar-refractivity contribution in [3.63, 3.8) is 0 Å². The van der Waals surface area contributed by atoms with Gasteiger partial charge in [-0.25, -0.2) is 0 Å². The summed E-state index contributed by atoms with van der Waals surface area (Å²) in [5.41, 5.74) is 1.26. The SMILES string of the molecule is CC(C)COc1cccc(C(=O)Nc2cccc(OC(C)C)c2)c1. The van der Waals surface area contributed by atoms with E-state index in [1.165, 1.54) is 0 Å². The molecule has 0 saturated heterocycles. The van der Waals surface area contributed by atoms with Crippen LogP contribution in [0.5, 0.6) is 11.5 Å². The summed E-state index contributed by atoms with van der Waals surface area (Å²) in [6.07, 6.45) is 0.0886. The van der Waals surface area contributed by atoms with Crippen LogP contribution in [0.15, 0.2) is 48.5 Å². The summed E-state index contributed by atoms with van der Waals surface area (Å²) in [7, 11) is 0. The number of amides is 1. The zero-order valence-electron chi connectivity index (χ0n) is 14.7. The first-order chi connectivity index (χ1) is 11.4. The maximum Gasteiger partial charge on any atom is 0.255 e. The van der Waals surface area contributed by atoms with Crippen LogP contribution in [0, 0.1) is 5.92 Å². The van der Waals surface area contributed by atoms with Crippen LogP contribution in [0.2, 0.25) is 0 Å². The first-order valence-corrected chi connectivity index (χ1v) is 8.25. The molecule has 0 bridgehead atoms. The summed E-state index contributed by atoms with van der Waals surface area (Å²) in [4.78, 5) is 12.4. The fraction of sp³-hybridized carbons (Fsp3) is 0.350. The quantitative estimate of drug-likeness (QED) is 0.797. The van der Waals surface area contributed by atoms with Crippen LogP contribution in [0.1, 0.15) is 38.1 Å². The third-order valence-electron chi connectivity index (χ3n) is 3.14. The Hall–Kier alpha value is -2.49. The smallest absolute Gasteiger partial charge is 0.255 e. The third-order valence-corrected chi connectivity index (χ3v) is 3.14. The summed E-state index contributed by atoms with van der Waals surface area (Å²) in [6, 6.07) is 14.6. The molecule has 0 radical (unpaired) electrons. The average Bonchev–Trinajstić information content (AvgIpc) is 2.53. The molecule has 2 aromatic rings. The molecule has 2 rings (SSSR count). The van der Waals surface area contributed by atoms with Crippen LogP contribution < -0.4 is 14.8 Å². The van der Waals surface area contributed by atoms with Crippen molar-refractivity contribution in [1.82, 2.24) is 0 Å². The van der Waals surface area contributed by atoms with Crippen molar-refractivity contribution in [3.8, 4) is 11.5 Å². The second kappa shape index (κ2) is 8.39. The number of anilines is 1. The van der Waals surface area contributed by atoms with Gasteiger partial charge >= 0.3 is 0 Å². The van der Waals surface area contributed by atoms with Crippen molar-refractivity contribution in [3.05, 3.63) is 54.1 Å².